The summed E-state index contributed by atoms with van der Waals surface area (Å²) in [5.41, 5.74) is 0.637. The van der Waals surface area contributed by atoms with Crippen LogP contribution in [0.5, 0.6) is 5.75 Å². The lowest BCUT2D eigenvalue weighted by atomic mass is 10.2. The Kier molecular flexibility index (Phi) is 3.83. The van der Waals surface area contributed by atoms with Crippen LogP contribution in [0.15, 0.2) is 57.9 Å². The molecule has 0 aliphatic rings. The van der Waals surface area contributed by atoms with Crippen LogP contribution in [-0.4, -0.2) is 18.6 Å². The van der Waals surface area contributed by atoms with Gasteiger partial charge < -0.3 is 8.71 Å². The Morgan fingerprint density at radius 1 is 1.09 bits per heavy atom. The van der Waals surface area contributed by atoms with Crippen molar-refractivity contribution in [1.29, 1.82) is 0 Å². The Morgan fingerprint density at radius 3 is 2.39 bits per heavy atom. The van der Waals surface area contributed by atoms with Gasteiger partial charge >= 0.3 is 10.1 Å². The molecule has 0 aliphatic heterocycles. The highest BCUT2D eigenvalue weighted by atomic mass is 32.2. The highest BCUT2D eigenvalue weighted by Crippen LogP contribution is 2.23. The topological polar surface area (TPSA) is 82.3 Å². The molecule has 0 amide bonds. The molecule has 0 spiro atoms. The van der Waals surface area contributed by atoms with Gasteiger partial charge in [0, 0.05) is 12.5 Å². The molecule has 118 valence electrons. The van der Waals surface area contributed by atoms with Crippen LogP contribution in [0.3, 0.4) is 0 Å². The van der Waals surface area contributed by atoms with Crippen LogP contribution < -0.4 is 4.18 Å². The van der Waals surface area contributed by atoms with Gasteiger partial charge in [-0.15, -0.1) is 0 Å². The minimum absolute atomic E-state index is 0.0530. The zero-order valence-electron chi connectivity index (χ0n) is 11.9. The minimum atomic E-state index is -4.24. The SMILES string of the molecule is Cc1nc(-c2ccc(OS(=O)(=O)c3ccccc3F)cc2)no1. The number of nitrogens with zero attached hydrogens (tertiary/aromatic N) is 2. The molecule has 0 radical (unpaired) electrons. The monoisotopic (exact) mass is 334 g/mol. The summed E-state index contributed by atoms with van der Waals surface area (Å²) in [4.78, 5) is 3.54. The molecule has 23 heavy (non-hydrogen) atoms. The zero-order valence-corrected chi connectivity index (χ0v) is 12.7. The Balaban J connectivity index is 1.85. The lowest BCUT2D eigenvalue weighted by Crippen LogP contribution is -2.11. The highest BCUT2D eigenvalue weighted by Gasteiger charge is 2.21. The minimum Gasteiger partial charge on any atom is -0.379 e. The molecule has 6 nitrogen and oxygen atoms in total. The van der Waals surface area contributed by atoms with Crippen molar-refractivity contribution >= 4 is 10.1 Å². The van der Waals surface area contributed by atoms with Gasteiger partial charge in [-0.3, -0.25) is 0 Å². The van der Waals surface area contributed by atoms with Gasteiger partial charge in [0.05, 0.1) is 0 Å². The molecule has 0 saturated carbocycles. The number of rotatable bonds is 4. The second-order valence-electron chi connectivity index (χ2n) is 4.63. The van der Waals surface area contributed by atoms with E-state index in [0.717, 1.165) is 12.1 Å². The third-order valence-corrected chi connectivity index (χ3v) is 4.23. The lowest BCUT2D eigenvalue weighted by molar-refractivity contribution is 0.394. The first-order valence-corrected chi connectivity index (χ1v) is 7.96. The van der Waals surface area contributed by atoms with Crippen molar-refractivity contribution in [3.05, 3.63) is 60.2 Å². The summed E-state index contributed by atoms with van der Waals surface area (Å²) < 4.78 is 47.6. The van der Waals surface area contributed by atoms with Crippen LogP contribution in [0.1, 0.15) is 5.89 Å². The lowest BCUT2D eigenvalue weighted by Gasteiger charge is -2.07. The third-order valence-electron chi connectivity index (χ3n) is 2.95. The molecular weight excluding hydrogens is 323 g/mol. The van der Waals surface area contributed by atoms with Crippen molar-refractivity contribution in [2.24, 2.45) is 0 Å². The quantitative estimate of drug-likeness (QED) is 0.682. The summed E-state index contributed by atoms with van der Waals surface area (Å²) in [6.07, 6.45) is 0. The number of benzene rings is 2. The van der Waals surface area contributed by atoms with Crippen LogP contribution >= 0.6 is 0 Å². The second kappa shape index (κ2) is 5.81. The first-order valence-electron chi connectivity index (χ1n) is 6.55. The standard InChI is InChI=1S/C15H11FN2O4S/c1-10-17-15(18-21-10)11-6-8-12(9-7-11)22-23(19,20)14-5-3-2-4-13(14)16/h2-9H,1H3. The van der Waals surface area contributed by atoms with Crippen molar-refractivity contribution in [2.45, 2.75) is 11.8 Å². The molecule has 0 saturated heterocycles. The Bertz CT molecular complexity index is 936. The predicted molar refractivity (Wildman–Crippen MR) is 78.7 cm³/mol. The number of hydrogen-bond donors (Lipinski definition) is 0. The molecule has 1 aromatic heterocycles. The van der Waals surface area contributed by atoms with Crippen LogP contribution in [0.25, 0.3) is 11.4 Å². The largest absolute Gasteiger partial charge is 0.379 e. The molecule has 0 N–H and O–H groups in total. The average molecular weight is 334 g/mol. The maximum absolute atomic E-state index is 13.6. The highest BCUT2D eigenvalue weighted by molar-refractivity contribution is 7.87. The van der Waals surface area contributed by atoms with Crippen LogP contribution in [0, 0.1) is 12.7 Å². The van der Waals surface area contributed by atoms with Gasteiger partial charge in [0.2, 0.25) is 11.7 Å². The van der Waals surface area contributed by atoms with E-state index in [-0.39, 0.29) is 5.75 Å². The summed E-state index contributed by atoms with van der Waals surface area (Å²) in [5, 5.41) is 3.75. The van der Waals surface area contributed by atoms with Crippen molar-refractivity contribution in [3.63, 3.8) is 0 Å². The zero-order chi connectivity index (χ0) is 16.4. The van der Waals surface area contributed by atoms with Gasteiger partial charge in [0.25, 0.3) is 0 Å². The van der Waals surface area contributed by atoms with E-state index in [2.05, 4.69) is 10.1 Å². The van der Waals surface area contributed by atoms with E-state index >= 15 is 0 Å². The van der Waals surface area contributed by atoms with Crippen molar-refractivity contribution < 1.29 is 21.5 Å². The summed E-state index contributed by atoms with van der Waals surface area (Å²) in [7, 11) is -4.24. The van der Waals surface area contributed by atoms with E-state index in [4.69, 9.17) is 8.71 Å². The third kappa shape index (κ3) is 3.21. The van der Waals surface area contributed by atoms with Crippen LogP contribution in [-0.2, 0) is 10.1 Å². The molecule has 0 bridgehead atoms. The average Bonchev–Trinajstić information content (AvgIpc) is 2.94. The van der Waals surface area contributed by atoms with Gasteiger partial charge in [-0.1, -0.05) is 17.3 Å². The van der Waals surface area contributed by atoms with E-state index in [1.165, 1.54) is 24.3 Å². The number of hydrogen-bond acceptors (Lipinski definition) is 6. The Hall–Kier alpha value is -2.74. The first kappa shape index (κ1) is 15.2. The van der Waals surface area contributed by atoms with Crippen molar-refractivity contribution in [1.82, 2.24) is 10.1 Å². The van der Waals surface area contributed by atoms with E-state index < -0.39 is 20.8 Å². The van der Waals surface area contributed by atoms with Gasteiger partial charge in [-0.25, -0.2) is 4.39 Å². The van der Waals surface area contributed by atoms with Gasteiger partial charge in [-0.05, 0) is 36.4 Å². The number of halogens is 1. The molecule has 0 atom stereocenters. The normalized spacial score (nSPS) is 11.4. The second-order valence-corrected chi connectivity index (χ2v) is 6.14. The fraction of sp³-hybridized carbons (Fsp3) is 0.0667. The molecule has 0 fully saturated rings. The van der Waals surface area contributed by atoms with E-state index in [1.54, 1.807) is 19.1 Å². The Morgan fingerprint density at radius 2 is 1.78 bits per heavy atom. The van der Waals surface area contributed by atoms with Crippen molar-refractivity contribution in [3.8, 4) is 17.1 Å². The summed E-state index contributed by atoms with van der Waals surface area (Å²) in [6.45, 7) is 1.66. The molecule has 2 aromatic carbocycles. The smallest absolute Gasteiger partial charge is 0.342 e. The summed E-state index contributed by atoms with van der Waals surface area (Å²) >= 11 is 0. The fourth-order valence-corrected chi connectivity index (χ4v) is 2.90. The first-order chi connectivity index (χ1) is 11.0. The number of aromatic nitrogens is 2. The van der Waals surface area contributed by atoms with Gasteiger partial charge in [0.15, 0.2) is 0 Å². The molecular formula is C15H11FN2O4S. The van der Waals surface area contributed by atoms with Gasteiger partial charge in [0.1, 0.15) is 16.5 Å². The summed E-state index contributed by atoms with van der Waals surface area (Å²) in [6, 6.07) is 11.0. The maximum Gasteiger partial charge on any atom is 0.342 e. The Labute approximate surface area is 131 Å². The molecule has 1 heterocycles. The fourth-order valence-electron chi connectivity index (χ4n) is 1.90. The molecule has 0 unspecified atom stereocenters. The number of aryl methyl sites for hydroxylation is 1. The maximum atomic E-state index is 13.6. The van der Waals surface area contributed by atoms with Gasteiger partial charge in [-0.2, -0.15) is 13.4 Å². The molecule has 3 aromatic rings. The molecule has 3 rings (SSSR count). The predicted octanol–water partition coefficient (Wildman–Crippen LogP) is 2.95. The van der Waals surface area contributed by atoms with E-state index in [0.29, 0.717) is 17.3 Å². The molecule has 8 heteroatoms. The van der Waals surface area contributed by atoms with E-state index in [9.17, 15) is 12.8 Å². The van der Waals surface area contributed by atoms with E-state index in [1.807, 2.05) is 0 Å². The van der Waals surface area contributed by atoms with Crippen molar-refractivity contribution in [2.75, 3.05) is 0 Å². The summed E-state index contributed by atoms with van der Waals surface area (Å²) in [5.74, 6) is -0.0166. The van der Waals surface area contributed by atoms with Crippen LogP contribution in [0.4, 0.5) is 4.39 Å². The molecule has 0 aliphatic carbocycles. The van der Waals surface area contributed by atoms with Crippen LogP contribution in [0.2, 0.25) is 0 Å².